The maximum absolute atomic E-state index is 11.7. The lowest BCUT2D eigenvalue weighted by molar-refractivity contribution is -0.155. The monoisotopic (exact) mass is 336 g/mol. The molecule has 0 unspecified atom stereocenters. The third-order valence-electron chi connectivity index (χ3n) is 3.61. The second-order valence-electron chi connectivity index (χ2n) is 6.73. The first-order chi connectivity index (χ1) is 11.2. The van der Waals surface area contributed by atoms with Crippen LogP contribution in [0.3, 0.4) is 0 Å². The molecular weight excluding hydrogens is 312 g/mol. The molecule has 0 aromatic carbocycles. The Hall–Kier alpha value is -2.22. The van der Waals surface area contributed by atoms with E-state index >= 15 is 0 Å². The number of carbonyl (C=O) groups excluding carboxylic acids is 1. The van der Waals surface area contributed by atoms with E-state index in [4.69, 9.17) is 9.84 Å². The van der Waals surface area contributed by atoms with Crippen molar-refractivity contribution >= 4 is 17.8 Å². The van der Waals surface area contributed by atoms with E-state index in [0.717, 1.165) is 26.2 Å². The van der Waals surface area contributed by atoms with Crippen LogP contribution in [0.4, 0.5) is 5.82 Å². The van der Waals surface area contributed by atoms with Crippen LogP contribution in [0, 0.1) is 0 Å². The molecule has 8 heteroatoms. The molecule has 0 aliphatic carbocycles. The van der Waals surface area contributed by atoms with E-state index in [1.165, 1.54) is 12.4 Å². The van der Waals surface area contributed by atoms with Gasteiger partial charge in [-0.3, -0.25) is 9.69 Å². The molecule has 0 bridgehead atoms. The van der Waals surface area contributed by atoms with Crippen LogP contribution in [0.5, 0.6) is 0 Å². The molecule has 0 saturated carbocycles. The van der Waals surface area contributed by atoms with Crippen LogP contribution in [0.1, 0.15) is 37.7 Å². The maximum Gasteiger partial charge on any atom is 0.356 e. The molecule has 8 nitrogen and oxygen atoms in total. The summed E-state index contributed by atoms with van der Waals surface area (Å²) in [5.74, 6) is -0.590. The lowest BCUT2D eigenvalue weighted by Gasteiger charge is -2.35. The molecule has 0 atom stereocenters. The molecule has 1 aromatic heterocycles. The zero-order chi connectivity index (χ0) is 17.7. The normalized spacial score (nSPS) is 16.0. The summed E-state index contributed by atoms with van der Waals surface area (Å²) in [6.07, 6.45) is 3.14. The lowest BCUT2D eigenvalue weighted by atomic mass is 10.2. The van der Waals surface area contributed by atoms with Gasteiger partial charge >= 0.3 is 11.9 Å². The van der Waals surface area contributed by atoms with E-state index < -0.39 is 11.6 Å². The molecule has 24 heavy (non-hydrogen) atoms. The summed E-state index contributed by atoms with van der Waals surface area (Å²) in [5.41, 5.74) is -0.508. The number of nitrogens with zero attached hydrogens (tertiary/aromatic N) is 4. The molecule has 0 radical (unpaired) electrons. The minimum atomic E-state index is -1.08. The molecule has 1 saturated heterocycles. The molecule has 1 N–H and O–H groups in total. The van der Waals surface area contributed by atoms with Gasteiger partial charge in [0.25, 0.3) is 0 Å². The molecule has 0 amide bonds. The molecular formula is C16H24N4O4. The number of hydrogen-bond donors (Lipinski definition) is 1. The predicted molar refractivity (Wildman–Crippen MR) is 88.1 cm³/mol. The van der Waals surface area contributed by atoms with Gasteiger partial charge in [0, 0.05) is 32.7 Å². The van der Waals surface area contributed by atoms with E-state index in [1.807, 2.05) is 20.8 Å². The predicted octanol–water partition coefficient (Wildman–Crippen LogP) is 1.03. The van der Waals surface area contributed by atoms with Gasteiger partial charge in [-0.1, -0.05) is 0 Å². The fraction of sp³-hybridized carbons (Fsp3) is 0.625. The van der Waals surface area contributed by atoms with Gasteiger partial charge in [-0.2, -0.15) is 0 Å². The highest BCUT2D eigenvalue weighted by atomic mass is 16.6. The van der Waals surface area contributed by atoms with Gasteiger partial charge in [0.1, 0.15) is 11.4 Å². The summed E-state index contributed by atoms with van der Waals surface area (Å²) in [4.78, 5) is 34.8. The van der Waals surface area contributed by atoms with Crippen LogP contribution in [0.15, 0.2) is 12.4 Å². The van der Waals surface area contributed by atoms with Crippen molar-refractivity contribution in [3.8, 4) is 0 Å². The number of aromatic nitrogens is 2. The Morgan fingerprint density at radius 1 is 1.17 bits per heavy atom. The number of rotatable bonds is 5. The number of carboxylic acid groups (broad SMARTS) is 1. The summed E-state index contributed by atoms with van der Waals surface area (Å²) < 4.78 is 5.31. The van der Waals surface area contributed by atoms with Gasteiger partial charge in [-0.05, 0) is 20.8 Å². The van der Waals surface area contributed by atoms with Crippen molar-refractivity contribution in [3.05, 3.63) is 18.1 Å². The zero-order valence-corrected chi connectivity index (χ0v) is 14.4. The second-order valence-corrected chi connectivity index (χ2v) is 6.73. The molecule has 132 valence electrons. The molecule has 1 aliphatic rings. The van der Waals surface area contributed by atoms with Crippen molar-refractivity contribution < 1.29 is 19.4 Å². The first kappa shape index (κ1) is 18.1. The van der Waals surface area contributed by atoms with Crippen LogP contribution in [-0.4, -0.2) is 70.2 Å². The number of carboxylic acids is 1. The average Bonchev–Trinajstić information content (AvgIpc) is 2.52. The summed E-state index contributed by atoms with van der Waals surface area (Å²) in [5, 5.41) is 8.83. The van der Waals surface area contributed by atoms with Crippen molar-refractivity contribution in [2.24, 2.45) is 0 Å². The molecule has 2 rings (SSSR count). The van der Waals surface area contributed by atoms with Gasteiger partial charge in [0.15, 0.2) is 5.69 Å². The number of carbonyl (C=O) groups is 2. The van der Waals surface area contributed by atoms with Crippen LogP contribution in [-0.2, 0) is 9.53 Å². The second kappa shape index (κ2) is 7.57. The van der Waals surface area contributed by atoms with E-state index in [1.54, 1.807) is 0 Å². The van der Waals surface area contributed by atoms with Gasteiger partial charge in [-0.15, -0.1) is 0 Å². The van der Waals surface area contributed by atoms with Gasteiger partial charge in [0.2, 0.25) is 0 Å². The molecule has 1 aliphatic heterocycles. The van der Waals surface area contributed by atoms with Crippen LogP contribution in [0.2, 0.25) is 0 Å². The largest absolute Gasteiger partial charge is 0.476 e. The minimum absolute atomic E-state index is 0.0604. The van der Waals surface area contributed by atoms with Gasteiger partial charge in [-0.25, -0.2) is 14.8 Å². The van der Waals surface area contributed by atoms with E-state index in [0.29, 0.717) is 18.8 Å². The SMILES string of the molecule is CC(C)(C)OC(=O)CCN1CCN(c2cnc(C(=O)O)cn2)CC1. The Kier molecular flexibility index (Phi) is 5.71. The highest BCUT2D eigenvalue weighted by molar-refractivity contribution is 5.84. The fourth-order valence-electron chi connectivity index (χ4n) is 2.44. The first-order valence-corrected chi connectivity index (χ1v) is 7.99. The van der Waals surface area contributed by atoms with Crippen molar-refractivity contribution in [1.82, 2.24) is 14.9 Å². The molecule has 2 heterocycles. The average molecular weight is 336 g/mol. The first-order valence-electron chi connectivity index (χ1n) is 7.99. The highest BCUT2D eigenvalue weighted by Crippen LogP contribution is 2.13. The maximum atomic E-state index is 11.7. The van der Waals surface area contributed by atoms with Crippen LogP contribution in [0.25, 0.3) is 0 Å². The van der Waals surface area contributed by atoms with Crippen molar-refractivity contribution in [2.75, 3.05) is 37.6 Å². The number of ether oxygens (including phenoxy) is 1. The zero-order valence-electron chi connectivity index (χ0n) is 14.4. The number of aromatic carboxylic acids is 1. The quantitative estimate of drug-likeness (QED) is 0.797. The lowest BCUT2D eigenvalue weighted by Crippen LogP contribution is -2.47. The molecule has 1 fully saturated rings. The third-order valence-corrected chi connectivity index (χ3v) is 3.61. The summed E-state index contributed by atoms with van der Waals surface area (Å²) >= 11 is 0. The van der Waals surface area contributed by atoms with Crippen molar-refractivity contribution in [3.63, 3.8) is 0 Å². The topological polar surface area (TPSA) is 95.9 Å². The Morgan fingerprint density at radius 3 is 2.33 bits per heavy atom. The van der Waals surface area contributed by atoms with Crippen LogP contribution < -0.4 is 4.90 Å². The van der Waals surface area contributed by atoms with Crippen molar-refractivity contribution in [2.45, 2.75) is 32.8 Å². The molecule has 0 spiro atoms. The van der Waals surface area contributed by atoms with Crippen molar-refractivity contribution in [1.29, 1.82) is 0 Å². The van der Waals surface area contributed by atoms with Crippen LogP contribution >= 0.6 is 0 Å². The van der Waals surface area contributed by atoms with E-state index in [2.05, 4.69) is 19.8 Å². The minimum Gasteiger partial charge on any atom is -0.476 e. The van der Waals surface area contributed by atoms with Gasteiger partial charge in [0.05, 0.1) is 18.8 Å². The van der Waals surface area contributed by atoms with E-state index in [9.17, 15) is 9.59 Å². The summed E-state index contributed by atoms with van der Waals surface area (Å²) in [6.45, 7) is 9.40. The Labute approximate surface area is 141 Å². The number of piperazine rings is 1. The summed E-state index contributed by atoms with van der Waals surface area (Å²) in [6, 6.07) is 0. The number of hydrogen-bond acceptors (Lipinski definition) is 7. The Bertz CT molecular complexity index is 575. The Balaban J connectivity index is 1.77. The Morgan fingerprint density at radius 2 is 1.83 bits per heavy atom. The number of anilines is 1. The summed E-state index contributed by atoms with van der Waals surface area (Å²) in [7, 11) is 0. The number of esters is 1. The fourth-order valence-corrected chi connectivity index (χ4v) is 2.44. The third kappa shape index (κ3) is 5.45. The molecule has 1 aromatic rings. The van der Waals surface area contributed by atoms with E-state index in [-0.39, 0.29) is 11.7 Å². The smallest absolute Gasteiger partial charge is 0.356 e. The van der Waals surface area contributed by atoms with Gasteiger partial charge < -0.3 is 14.7 Å². The standard InChI is InChI=1S/C16H24N4O4/c1-16(2,3)24-14(21)4-5-19-6-8-20(9-7-19)13-11-17-12(10-18-13)15(22)23/h10-11H,4-9H2,1-3H3,(H,22,23). The highest BCUT2D eigenvalue weighted by Gasteiger charge is 2.21.